The Morgan fingerprint density at radius 3 is 2.44 bits per heavy atom. The number of carboxylic acids is 1. The van der Waals surface area contributed by atoms with E-state index in [0.717, 1.165) is 6.54 Å². The zero-order valence-corrected chi connectivity index (χ0v) is 11.5. The molecular weight excluding hydrogens is 228 g/mol. The van der Waals surface area contributed by atoms with Crippen LogP contribution >= 0.6 is 0 Å². The van der Waals surface area contributed by atoms with Crippen molar-refractivity contribution in [3.8, 4) is 0 Å². The summed E-state index contributed by atoms with van der Waals surface area (Å²) < 4.78 is 0. The van der Waals surface area contributed by atoms with Gasteiger partial charge >= 0.3 is 5.97 Å². The number of anilines is 1. The first-order valence-corrected chi connectivity index (χ1v) is 6.15. The van der Waals surface area contributed by atoms with Crippen molar-refractivity contribution in [2.75, 3.05) is 26.0 Å². The Kier molecular flexibility index (Phi) is 5.16. The molecule has 0 aliphatic heterocycles. The summed E-state index contributed by atoms with van der Waals surface area (Å²) in [6, 6.07) is 7.25. The molecule has 0 radical (unpaired) electrons. The van der Waals surface area contributed by atoms with Crippen molar-refractivity contribution in [1.82, 2.24) is 4.90 Å². The average Bonchev–Trinajstić information content (AvgIpc) is 2.27. The maximum atomic E-state index is 11.1. The molecule has 0 fully saturated rings. The highest BCUT2D eigenvalue weighted by Gasteiger charge is 2.17. The highest BCUT2D eigenvalue weighted by Crippen LogP contribution is 2.18. The molecule has 1 atom stereocenters. The first-order valence-electron chi connectivity index (χ1n) is 6.15. The molecule has 1 aromatic rings. The van der Waals surface area contributed by atoms with Gasteiger partial charge in [-0.1, -0.05) is 26.0 Å². The molecule has 0 aromatic heterocycles. The molecule has 2 N–H and O–H groups in total. The molecular formula is C14H22N2O2. The van der Waals surface area contributed by atoms with Crippen LogP contribution in [-0.4, -0.2) is 42.7 Å². The Morgan fingerprint density at radius 1 is 1.33 bits per heavy atom. The molecule has 0 heterocycles. The zero-order chi connectivity index (χ0) is 13.7. The average molecular weight is 250 g/mol. The second-order valence-electron chi connectivity index (χ2n) is 5.11. The normalized spacial score (nSPS) is 12.8. The van der Waals surface area contributed by atoms with E-state index < -0.39 is 5.97 Å². The molecule has 0 saturated heterocycles. The summed E-state index contributed by atoms with van der Waals surface area (Å²) in [5, 5.41) is 12.5. The summed E-state index contributed by atoms with van der Waals surface area (Å²) in [7, 11) is 4.03. The zero-order valence-electron chi connectivity index (χ0n) is 11.5. The SMILES string of the molecule is CC(C)C(CN(C)C)Nc1ccccc1C(=O)O. The fourth-order valence-electron chi connectivity index (χ4n) is 1.81. The molecule has 4 heteroatoms. The largest absolute Gasteiger partial charge is 0.478 e. The number of nitrogens with zero attached hydrogens (tertiary/aromatic N) is 1. The Balaban J connectivity index is 2.90. The second kappa shape index (κ2) is 6.40. The first kappa shape index (κ1) is 14.5. The summed E-state index contributed by atoms with van der Waals surface area (Å²) in [6.07, 6.45) is 0. The van der Waals surface area contributed by atoms with Crippen LogP contribution in [0.15, 0.2) is 24.3 Å². The predicted octanol–water partition coefficient (Wildman–Crippen LogP) is 2.38. The van der Waals surface area contributed by atoms with Gasteiger partial charge in [-0.25, -0.2) is 4.79 Å². The lowest BCUT2D eigenvalue weighted by atomic mass is 10.0. The van der Waals surface area contributed by atoms with E-state index in [1.807, 2.05) is 26.2 Å². The van der Waals surface area contributed by atoms with Gasteiger partial charge in [0.1, 0.15) is 0 Å². The summed E-state index contributed by atoms with van der Waals surface area (Å²) in [6.45, 7) is 5.13. The molecule has 1 aromatic carbocycles. The number of hydrogen-bond donors (Lipinski definition) is 2. The number of nitrogens with one attached hydrogen (secondary N) is 1. The van der Waals surface area contributed by atoms with Gasteiger partial charge in [0.2, 0.25) is 0 Å². The summed E-state index contributed by atoms with van der Waals surface area (Å²) in [5.74, 6) is -0.472. The Morgan fingerprint density at radius 2 is 1.94 bits per heavy atom. The van der Waals surface area contributed by atoms with Crippen LogP contribution in [0.2, 0.25) is 0 Å². The topological polar surface area (TPSA) is 52.6 Å². The first-order chi connectivity index (χ1) is 8.41. The van der Waals surface area contributed by atoms with Crippen LogP contribution in [-0.2, 0) is 0 Å². The van der Waals surface area contributed by atoms with Crippen LogP contribution in [0.25, 0.3) is 0 Å². The molecule has 0 aliphatic rings. The van der Waals surface area contributed by atoms with Crippen LogP contribution < -0.4 is 5.32 Å². The molecule has 0 amide bonds. The van der Waals surface area contributed by atoms with E-state index in [1.54, 1.807) is 12.1 Å². The third-order valence-electron chi connectivity index (χ3n) is 2.86. The van der Waals surface area contributed by atoms with Crippen molar-refractivity contribution in [3.05, 3.63) is 29.8 Å². The third kappa shape index (κ3) is 4.04. The fraction of sp³-hybridized carbons (Fsp3) is 0.500. The lowest BCUT2D eigenvalue weighted by Crippen LogP contribution is -2.36. The number of para-hydroxylation sites is 1. The summed E-state index contributed by atoms with van der Waals surface area (Å²) >= 11 is 0. The molecule has 1 rings (SSSR count). The molecule has 4 nitrogen and oxygen atoms in total. The molecule has 0 spiro atoms. The van der Waals surface area contributed by atoms with Crippen molar-refractivity contribution >= 4 is 11.7 Å². The lowest BCUT2D eigenvalue weighted by Gasteiger charge is -2.27. The van der Waals surface area contributed by atoms with Crippen LogP contribution in [0, 0.1) is 5.92 Å². The molecule has 100 valence electrons. The minimum Gasteiger partial charge on any atom is -0.478 e. The lowest BCUT2D eigenvalue weighted by molar-refractivity contribution is 0.0698. The maximum absolute atomic E-state index is 11.1. The van der Waals surface area contributed by atoms with E-state index in [9.17, 15) is 4.79 Å². The van der Waals surface area contributed by atoms with E-state index in [-0.39, 0.29) is 6.04 Å². The highest BCUT2D eigenvalue weighted by atomic mass is 16.4. The number of likely N-dealkylation sites (N-methyl/N-ethyl adjacent to an activating group) is 1. The van der Waals surface area contributed by atoms with Crippen molar-refractivity contribution in [2.24, 2.45) is 5.92 Å². The molecule has 18 heavy (non-hydrogen) atoms. The standard InChI is InChI=1S/C14H22N2O2/c1-10(2)13(9-16(3)4)15-12-8-6-5-7-11(12)14(17)18/h5-8,10,13,15H,9H2,1-4H3,(H,17,18). The van der Waals surface area contributed by atoms with E-state index in [2.05, 4.69) is 24.1 Å². The van der Waals surface area contributed by atoms with Crippen molar-refractivity contribution in [3.63, 3.8) is 0 Å². The minimum atomic E-state index is -0.898. The smallest absolute Gasteiger partial charge is 0.337 e. The number of carbonyl (C=O) groups is 1. The molecule has 1 unspecified atom stereocenters. The fourth-order valence-corrected chi connectivity index (χ4v) is 1.81. The predicted molar refractivity (Wildman–Crippen MR) is 74.2 cm³/mol. The molecule has 0 saturated carbocycles. The Bertz CT molecular complexity index is 403. The number of aromatic carboxylic acids is 1. The molecule has 0 bridgehead atoms. The summed E-state index contributed by atoms with van der Waals surface area (Å²) in [4.78, 5) is 13.2. The quantitative estimate of drug-likeness (QED) is 0.814. The van der Waals surface area contributed by atoms with Gasteiger partial charge < -0.3 is 15.3 Å². The number of hydrogen-bond acceptors (Lipinski definition) is 3. The van der Waals surface area contributed by atoms with Gasteiger partial charge in [-0.15, -0.1) is 0 Å². The van der Waals surface area contributed by atoms with Crippen LogP contribution in [0.4, 0.5) is 5.69 Å². The minimum absolute atomic E-state index is 0.223. The maximum Gasteiger partial charge on any atom is 0.337 e. The van der Waals surface area contributed by atoms with E-state index in [1.165, 1.54) is 0 Å². The van der Waals surface area contributed by atoms with Crippen LogP contribution in [0.3, 0.4) is 0 Å². The summed E-state index contributed by atoms with van der Waals surface area (Å²) in [5.41, 5.74) is 1.01. The van der Waals surface area contributed by atoms with Gasteiger partial charge in [-0.05, 0) is 32.1 Å². The monoisotopic (exact) mass is 250 g/mol. The van der Waals surface area contributed by atoms with Gasteiger partial charge in [0, 0.05) is 18.3 Å². The van der Waals surface area contributed by atoms with Crippen molar-refractivity contribution in [2.45, 2.75) is 19.9 Å². The molecule has 0 aliphatic carbocycles. The van der Waals surface area contributed by atoms with E-state index in [0.29, 0.717) is 17.2 Å². The van der Waals surface area contributed by atoms with E-state index in [4.69, 9.17) is 5.11 Å². The van der Waals surface area contributed by atoms with Crippen molar-refractivity contribution in [1.29, 1.82) is 0 Å². The number of rotatable bonds is 6. The third-order valence-corrected chi connectivity index (χ3v) is 2.86. The Hall–Kier alpha value is -1.55. The second-order valence-corrected chi connectivity index (χ2v) is 5.11. The van der Waals surface area contributed by atoms with E-state index >= 15 is 0 Å². The number of benzene rings is 1. The van der Waals surface area contributed by atoms with Gasteiger partial charge in [0.15, 0.2) is 0 Å². The van der Waals surface area contributed by atoms with Gasteiger partial charge in [0.05, 0.1) is 5.56 Å². The highest BCUT2D eigenvalue weighted by molar-refractivity contribution is 5.94. The van der Waals surface area contributed by atoms with Crippen molar-refractivity contribution < 1.29 is 9.90 Å². The Labute approximate surface area is 109 Å². The van der Waals surface area contributed by atoms with Gasteiger partial charge in [-0.2, -0.15) is 0 Å². The van der Waals surface area contributed by atoms with Gasteiger partial charge in [0.25, 0.3) is 0 Å². The van der Waals surface area contributed by atoms with Gasteiger partial charge in [-0.3, -0.25) is 0 Å². The van der Waals surface area contributed by atoms with Crippen LogP contribution in [0.5, 0.6) is 0 Å². The number of carboxylic acid groups (broad SMARTS) is 1. The van der Waals surface area contributed by atoms with Crippen LogP contribution in [0.1, 0.15) is 24.2 Å².